The van der Waals surface area contributed by atoms with Crippen molar-refractivity contribution in [1.82, 2.24) is 9.80 Å². The molecular weight excluding hydrogens is 232 g/mol. The number of rotatable bonds is 3. The van der Waals surface area contributed by atoms with Gasteiger partial charge >= 0.3 is 0 Å². The molecule has 1 aromatic carbocycles. The first-order valence-corrected chi connectivity index (χ1v) is 5.87. The summed E-state index contributed by atoms with van der Waals surface area (Å²) in [6, 6.07) is 7.11. The van der Waals surface area contributed by atoms with Gasteiger partial charge in [0.15, 0.2) is 0 Å². The van der Waals surface area contributed by atoms with Gasteiger partial charge in [0.05, 0.1) is 7.11 Å². The number of carbonyl (C=O) groups excluding carboxylic acids is 2. The van der Waals surface area contributed by atoms with Crippen LogP contribution in [0.25, 0.3) is 0 Å². The van der Waals surface area contributed by atoms with Gasteiger partial charge in [-0.05, 0) is 18.2 Å². The molecule has 0 spiro atoms. The van der Waals surface area contributed by atoms with Crippen LogP contribution in [0.1, 0.15) is 10.4 Å². The first-order chi connectivity index (χ1) is 8.74. The lowest BCUT2D eigenvalue weighted by atomic mass is 10.1. The summed E-state index contributed by atoms with van der Waals surface area (Å²) in [6.45, 7) is 2.35. The van der Waals surface area contributed by atoms with Crippen LogP contribution in [0.2, 0.25) is 0 Å². The minimum Gasteiger partial charge on any atom is -0.497 e. The maximum absolute atomic E-state index is 12.2. The second kappa shape index (κ2) is 5.53. The van der Waals surface area contributed by atoms with Gasteiger partial charge in [0.25, 0.3) is 5.91 Å². The van der Waals surface area contributed by atoms with E-state index < -0.39 is 0 Å². The summed E-state index contributed by atoms with van der Waals surface area (Å²) in [5.41, 5.74) is 0.619. The van der Waals surface area contributed by atoms with Crippen LogP contribution in [-0.2, 0) is 4.79 Å². The number of piperazine rings is 1. The predicted octanol–water partition coefficient (Wildman–Crippen LogP) is 0.609. The molecule has 0 saturated carbocycles. The first kappa shape index (κ1) is 12.4. The summed E-state index contributed by atoms with van der Waals surface area (Å²) in [4.78, 5) is 26.3. The van der Waals surface area contributed by atoms with Crippen molar-refractivity contribution in [2.75, 3.05) is 33.3 Å². The molecule has 1 heterocycles. The lowest BCUT2D eigenvalue weighted by molar-refractivity contribution is -0.119. The highest BCUT2D eigenvalue weighted by Gasteiger charge is 2.21. The van der Waals surface area contributed by atoms with Crippen molar-refractivity contribution in [3.63, 3.8) is 0 Å². The highest BCUT2D eigenvalue weighted by Crippen LogP contribution is 2.15. The molecule has 0 bridgehead atoms. The zero-order valence-electron chi connectivity index (χ0n) is 10.3. The van der Waals surface area contributed by atoms with E-state index in [1.165, 1.54) is 0 Å². The summed E-state index contributed by atoms with van der Waals surface area (Å²) >= 11 is 0. The fourth-order valence-electron chi connectivity index (χ4n) is 1.97. The van der Waals surface area contributed by atoms with Crippen LogP contribution in [0.4, 0.5) is 0 Å². The Labute approximate surface area is 106 Å². The third-order valence-electron chi connectivity index (χ3n) is 3.07. The summed E-state index contributed by atoms with van der Waals surface area (Å²) in [5.74, 6) is 0.659. The van der Waals surface area contributed by atoms with Crippen LogP contribution in [0, 0.1) is 0 Å². The lowest BCUT2D eigenvalue weighted by Crippen LogP contribution is -2.48. The van der Waals surface area contributed by atoms with E-state index in [1.807, 2.05) is 0 Å². The van der Waals surface area contributed by atoms with Crippen molar-refractivity contribution in [3.8, 4) is 5.75 Å². The molecule has 0 radical (unpaired) electrons. The van der Waals surface area contributed by atoms with Crippen molar-refractivity contribution >= 4 is 12.3 Å². The molecule has 1 aliphatic heterocycles. The van der Waals surface area contributed by atoms with Crippen LogP contribution < -0.4 is 4.74 Å². The van der Waals surface area contributed by atoms with Crippen LogP contribution in [-0.4, -0.2) is 55.4 Å². The summed E-state index contributed by atoms with van der Waals surface area (Å²) in [6.07, 6.45) is 0.827. The Morgan fingerprint density at radius 2 is 2.00 bits per heavy atom. The Bertz CT molecular complexity index is 440. The number of hydrogen-bond acceptors (Lipinski definition) is 3. The Morgan fingerprint density at radius 3 is 2.61 bits per heavy atom. The van der Waals surface area contributed by atoms with Crippen LogP contribution in [0.15, 0.2) is 24.3 Å². The summed E-state index contributed by atoms with van der Waals surface area (Å²) in [5, 5.41) is 0. The molecule has 2 amide bonds. The number of carbonyl (C=O) groups is 2. The molecular formula is C13H16N2O3. The van der Waals surface area contributed by atoms with E-state index in [-0.39, 0.29) is 5.91 Å². The predicted molar refractivity (Wildman–Crippen MR) is 66.5 cm³/mol. The molecule has 0 atom stereocenters. The first-order valence-electron chi connectivity index (χ1n) is 5.87. The van der Waals surface area contributed by atoms with Gasteiger partial charge in [-0.25, -0.2) is 0 Å². The molecule has 5 nitrogen and oxygen atoms in total. The lowest BCUT2D eigenvalue weighted by Gasteiger charge is -2.32. The molecule has 1 saturated heterocycles. The molecule has 1 aromatic rings. The van der Waals surface area contributed by atoms with E-state index in [2.05, 4.69) is 0 Å². The van der Waals surface area contributed by atoms with Crippen LogP contribution >= 0.6 is 0 Å². The number of amides is 2. The zero-order valence-corrected chi connectivity index (χ0v) is 10.3. The fourth-order valence-corrected chi connectivity index (χ4v) is 1.97. The van der Waals surface area contributed by atoms with E-state index in [4.69, 9.17) is 4.74 Å². The molecule has 5 heteroatoms. The highest BCUT2D eigenvalue weighted by atomic mass is 16.5. The maximum atomic E-state index is 12.2. The quantitative estimate of drug-likeness (QED) is 0.736. The molecule has 0 unspecified atom stereocenters. The monoisotopic (exact) mass is 248 g/mol. The molecule has 0 N–H and O–H groups in total. The molecule has 0 aromatic heterocycles. The fraction of sp³-hybridized carbons (Fsp3) is 0.385. The van der Waals surface area contributed by atoms with Gasteiger partial charge in [0.1, 0.15) is 5.75 Å². The minimum atomic E-state index is -0.0144. The van der Waals surface area contributed by atoms with Gasteiger partial charge in [-0.15, -0.1) is 0 Å². The average Bonchev–Trinajstić information content (AvgIpc) is 2.46. The van der Waals surface area contributed by atoms with E-state index in [9.17, 15) is 9.59 Å². The molecule has 2 rings (SSSR count). The molecule has 1 fully saturated rings. The third-order valence-corrected chi connectivity index (χ3v) is 3.07. The standard InChI is InChI=1S/C13H16N2O3/c1-18-12-4-2-3-11(9-12)13(17)15-7-5-14(10-16)6-8-15/h2-4,9-10H,5-8H2,1H3. The van der Waals surface area contributed by atoms with Crippen LogP contribution in [0.3, 0.4) is 0 Å². The molecule has 1 aliphatic rings. The largest absolute Gasteiger partial charge is 0.497 e. The SMILES string of the molecule is COc1cccc(C(=O)N2CCN(C=O)CC2)c1. The van der Waals surface area contributed by atoms with Gasteiger partial charge in [-0.2, -0.15) is 0 Å². The van der Waals surface area contributed by atoms with Gasteiger partial charge in [0.2, 0.25) is 6.41 Å². The number of benzene rings is 1. The Morgan fingerprint density at radius 1 is 1.28 bits per heavy atom. The summed E-state index contributed by atoms with van der Waals surface area (Å²) in [7, 11) is 1.58. The highest BCUT2D eigenvalue weighted by molar-refractivity contribution is 5.94. The Kier molecular flexibility index (Phi) is 3.82. The van der Waals surface area contributed by atoms with Crippen molar-refractivity contribution in [3.05, 3.63) is 29.8 Å². The van der Waals surface area contributed by atoms with Crippen molar-refractivity contribution in [1.29, 1.82) is 0 Å². The maximum Gasteiger partial charge on any atom is 0.254 e. The number of methoxy groups -OCH3 is 1. The van der Waals surface area contributed by atoms with Gasteiger partial charge in [-0.1, -0.05) is 6.07 Å². The van der Waals surface area contributed by atoms with Crippen molar-refractivity contribution < 1.29 is 14.3 Å². The van der Waals surface area contributed by atoms with E-state index in [0.29, 0.717) is 37.5 Å². The van der Waals surface area contributed by atoms with Crippen molar-refractivity contribution in [2.24, 2.45) is 0 Å². The molecule has 18 heavy (non-hydrogen) atoms. The third kappa shape index (κ3) is 2.61. The Balaban J connectivity index is 2.05. The van der Waals surface area contributed by atoms with E-state index in [1.54, 1.807) is 41.2 Å². The number of hydrogen-bond donors (Lipinski definition) is 0. The summed E-state index contributed by atoms with van der Waals surface area (Å²) < 4.78 is 5.10. The number of ether oxygens (including phenoxy) is 1. The second-order valence-corrected chi connectivity index (χ2v) is 4.17. The molecule has 96 valence electrons. The normalized spacial score (nSPS) is 15.4. The average molecular weight is 248 g/mol. The zero-order chi connectivity index (χ0) is 13.0. The minimum absolute atomic E-state index is 0.0144. The van der Waals surface area contributed by atoms with E-state index >= 15 is 0 Å². The van der Waals surface area contributed by atoms with Gasteiger partial charge in [-0.3, -0.25) is 9.59 Å². The topological polar surface area (TPSA) is 49.9 Å². The number of nitrogens with zero attached hydrogens (tertiary/aromatic N) is 2. The Hall–Kier alpha value is -2.04. The van der Waals surface area contributed by atoms with Gasteiger partial charge in [0, 0.05) is 31.7 Å². The smallest absolute Gasteiger partial charge is 0.254 e. The van der Waals surface area contributed by atoms with Crippen molar-refractivity contribution in [2.45, 2.75) is 0 Å². The van der Waals surface area contributed by atoms with Crippen LogP contribution in [0.5, 0.6) is 5.75 Å². The van der Waals surface area contributed by atoms with Gasteiger partial charge < -0.3 is 14.5 Å². The molecule has 0 aliphatic carbocycles. The van der Waals surface area contributed by atoms with E-state index in [0.717, 1.165) is 6.41 Å². The second-order valence-electron chi connectivity index (χ2n) is 4.17.